The van der Waals surface area contributed by atoms with E-state index in [1.807, 2.05) is 31.2 Å². The summed E-state index contributed by atoms with van der Waals surface area (Å²) >= 11 is 0. The number of rotatable bonds is 7. The van der Waals surface area contributed by atoms with Crippen molar-refractivity contribution in [1.82, 2.24) is 10.2 Å². The zero-order valence-electron chi connectivity index (χ0n) is 13.4. The Balaban J connectivity index is 1.73. The Kier molecular flexibility index (Phi) is 6.04. The summed E-state index contributed by atoms with van der Waals surface area (Å²) in [7, 11) is 0. The van der Waals surface area contributed by atoms with E-state index in [2.05, 4.69) is 11.2 Å². The lowest BCUT2D eigenvalue weighted by molar-refractivity contribution is -0.128. The highest BCUT2D eigenvalue weighted by molar-refractivity contribution is 5.89. The molecule has 2 rings (SSSR count). The molecule has 0 spiro atoms. The number of hydrogen-bond donors (Lipinski definition) is 1. The second-order valence-electron chi connectivity index (χ2n) is 5.51. The fraction of sp³-hybridized carbons (Fsp3) is 0.444. The van der Waals surface area contributed by atoms with E-state index in [-0.39, 0.29) is 24.3 Å². The van der Waals surface area contributed by atoms with Crippen LogP contribution in [0, 0.1) is 18.3 Å². The molecule has 23 heavy (non-hydrogen) atoms. The number of terminal acetylenes is 1. The number of hydrogen-bond acceptors (Lipinski definition) is 3. The molecule has 1 heterocycles. The third kappa shape index (κ3) is 4.75. The van der Waals surface area contributed by atoms with Crippen LogP contribution in [0.4, 0.5) is 0 Å². The first kappa shape index (κ1) is 16.9. The van der Waals surface area contributed by atoms with Gasteiger partial charge in [-0.3, -0.25) is 9.59 Å². The molecular formula is C18H22N2O3. The Morgan fingerprint density at radius 2 is 2.17 bits per heavy atom. The normalized spacial score (nSPS) is 17.0. The van der Waals surface area contributed by atoms with Crippen LogP contribution < -0.4 is 10.1 Å². The zero-order valence-corrected chi connectivity index (χ0v) is 13.4. The molecule has 0 saturated carbocycles. The minimum absolute atomic E-state index is 0.0386. The first-order valence-corrected chi connectivity index (χ1v) is 7.84. The fourth-order valence-electron chi connectivity index (χ4n) is 2.61. The second kappa shape index (κ2) is 8.23. The summed E-state index contributed by atoms with van der Waals surface area (Å²) in [6, 6.07) is 7.64. The van der Waals surface area contributed by atoms with E-state index in [1.165, 1.54) is 0 Å². The molecule has 1 saturated heterocycles. The molecule has 1 aliphatic rings. The fourth-order valence-corrected chi connectivity index (χ4v) is 2.61. The van der Waals surface area contributed by atoms with E-state index in [4.69, 9.17) is 11.2 Å². The van der Waals surface area contributed by atoms with Crippen molar-refractivity contribution in [2.45, 2.75) is 19.8 Å². The van der Waals surface area contributed by atoms with Crippen molar-refractivity contribution in [3.63, 3.8) is 0 Å². The summed E-state index contributed by atoms with van der Waals surface area (Å²) in [4.78, 5) is 25.5. The summed E-state index contributed by atoms with van der Waals surface area (Å²) in [6.07, 6.45) is 6.19. The third-order valence-electron chi connectivity index (χ3n) is 3.93. The van der Waals surface area contributed by atoms with E-state index in [9.17, 15) is 9.59 Å². The lowest BCUT2D eigenvalue weighted by Gasteiger charge is -2.13. The number of likely N-dealkylation sites (tertiary alicyclic amines) is 1. The summed E-state index contributed by atoms with van der Waals surface area (Å²) in [5.74, 6) is 2.96. The predicted octanol–water partition coefficient (Wildman–Crippen LogP) is 1.23. The number of carbonyl (C=O) groups excluding carboxylic acids is 2. The topological polar surface area (TPSA) is 58.6 Å². The number of nitrogens with one attached hydrogen (secondary N) is 1. The standard InChI is InChI=1S/C18H22N2O3/c1-3-11-23-16-7-5-14(6-8-16)9-10-19-18(22)15-12-17(21)20(4-2)13-15/h1,5-8,15H,4,9-13H2,2H3,(H,19,22). The summed E-state index contributed by atoms with van der Waals surface area (Å²) in [5, 5.41) is 2.91. The molecule has 5 heteroatoms. The number of nitrogens with zero attached hydrogens (tertiary/aromatic N) is 1. The second-order valence-corrected chi connectivity index (χ2v) is 5.51. The largest absolute Gasteiger partial charge is 0.481 e. The lowest BCUT2D eigenvalue weighted by Crippen LogP contribution is -2.34. The van der Waals surface area contributed by atoms with Crippen molar-refractivity contribution >= 4 is 11.8 Å². The van der Waals surface area contributed by atoms with Crippen LogP contribution in [0.15, 0.2) is 24.3 Å². The van der Waals surface area contributed by atoms with Crippen LogP contribution in [0.2, 0.25) is 0 Å². The maximum Gasteiger partial charge on any atom is 0.225 e. The summed E-state index contributed by atoms with van der Waals surface area (Å²) in [5.41, 5.74) is 1.11. The van der Waals surface area contributed by atoms with Crippen LogP contribution in [-0.2, 0) is 16.0 Å². The molecule has 5 nitrogen and oxygen atoms in total. The van der Waals surface area contributed by atoms with Crippen LogP contribution >= 0.6 is 0 Å². The van der Waals surface area contributed by atoms with E-state index >= 15 is 0 Å². The Morgan fingerprint density at radius 1 is 1.43 bits per heavy atom. The first-order valence-electron chi connectivity index (χ1n) is 7.84. The van der Waals surface area contributed by atoms with Gasteiger partial charge in [0, 0.05) is 26.1 Å². The maximum atomic E-state index is 12.1. The predicted molar refractivity (Wildman–Crippen MR) is 87.8 cm³/mol. The van der Waals surface area contributed by atoms with Crippen molar-refractivity contribution in [2.75, 3.05) is 26.2 Å². The molecule has 0 radical (unpaired) electrons. The minimum atomic E-state index is -0.220. The van der Waals surface area contributed by atoms with Gasteiger partial charge in [0.1, 0.15) is 12.4 Å². The van der Waals surface area contributed by atoms with Crippen LogP contribution in [0.5, 0.6) is 5.75 Å². The van der Waals surface area contributed by atoms with Gasteiger partial charge in [-0.2, -0.15) is 0 Å². The monoisotopic (exact) mass is 314 g/mol. The molecular weight excluding hydrogens is 292 g/mol. The van der Waals surface area contributed by atoms with Crippen molar-refractivity contribution in [3.8, 4) is 18.1 Å². The number of amides is 2. The van der Waals surface area contributed by atoms with Crippen molar-refractivity contribution < 1.29 is 14.3 Å². The van der Waals surface area contributed by atoms with Gasteiger partial charge in [0.15, 0.2) is 0 Å². The molecule has 1 aromatic rings. The van der Waals surface area contributed by atoms with Crippen molar-refractivity contribution in [2.24, 2.45) is 5.92 Å². The number of ether oxygens (including phenoxy) is 1. The van der Waals surface area contributed by atoms with Gasteiger partial charge >= 0.3 is 0 Å². The van der Waals surface area contributed by atoms with Gasteiger partial charge < -0.3 is 15.0 Å². The maximum absolute atomic E-state index is 12.1. The van der Waals surface area contributed by atoms with Gasteiger partial charge in [-0.1, -0.05) is 18.1 Å². The van der Waals surface area contributed by atoms with Gasteiger partial charge in [-0.05, 0) is 31.0 Å². The van der Waals surface area contributed by atoms with Gasteiger partial charge in [0.25, 0.3) is 0 Å². The Labute approximate surface area is 137 Å². The molecule has 1 fully saturated rings. The molecule has 1 N–H and O–H groups in total. The van der Waals surface area contributed by atoms with Crippen LogP contribution in [-0.4, -0.2) is 43.0 Å². The molecule has 122 valence electrons. The molecule has 0 aromatic heterocycles. The average molecular weight is 314 g/mol. The molecule has 1 aromatic carbocycles. The van der Waals surface area contributed by atoms with Gasteiger partial charge in [-0.15, -0.1) is 6.42 Å². The summed E-state index contributed by atoms with van der Waals surface area (Å²) < 4.78 is 5.31. The Morgan fingerprint density at radius 3 is 2.78 bits per heavy atom. The van der Waals surface area contributed by atoms with Gasteiger partial charge in [0.05, 0.1) is 5.92 Å². The Hall–Kier alpha value is -2.48. The van der Waals surface area contributed by atoms with E-state index in [0.29, 0.717) is 26.1 Å². The molecule has 1 aliphatic heterocycles. The molecule has 1 unspecified atom stereocenters. The smallest absolute Gasteiger partial charge is 0.225 e. The first-order chi connectivity index (χ1) is 11.1. The Bertz CT molecular complexity index is 589. The van der Waals surface area contributed by atoms with Crippen molar-refractivity contribution in [3.05, 3.63) is 29.8 Å². The molecule has 1 atom stereocenters. The zero-order chi connectivity index (χ0) is 16.7. The van der Waals surface area contributed by atoms with Gasteiger partial charge in [0.2, 0.25) is 11.8 Å². The molecule has 2 amide bonds. The SMILES string of the molecule is C#CCOc1ccc(CCNC(=O)C2CC(=O)N(CC)C2)cc1. The third-order valence-corrected chi connectivity index (χ3v) is 3.93. The van der Waals surface area contributed by atoms with Crippen LogP contribution in [0.3, 0.4) is 0 Å². The highest BCUT2D eigenvalue weighted by atomic mass is 16.5. The van der Waals surface area contributed by atoms with Crippen molar-refractivity contribution in [1.29, 1.82) is 0 Å². The van der Waals surface area contributed by atoms with Crippen LogP contribution in [0.1, 0.15) is 18.9 Å². The quantitative estimate of drug-likeness (QED) is 0.770. The van der Waals surface area contributed by atoms with E-state index in [0.717, 1.165) is 17.7 Å². The van der Waals surface area contributed by atoms with Gasteiger partial charge in [-0.25, -0.2) is 0 Å². The number of carbonyl (C=O) groups is 2. The molecule has 0 aliphatic carbocycles. The van der Waals surface area contributed by atoms with Crippen LogP contribution in [0.25, 0.3) is 0 Å². The minimum Gasteiger partial charge on any atom is -0.481 e. The average Bonchev–Trinajstić information content (AvgIpc) is 2.95. The van der Waals surface area contributed by atoms with E-state index < -0.39 is 0 Å². The number of benzene rings is 1. The molecule has 0 bridgehead atoms. The highest BCUT2D eigenvalue weighted by Crippen LogP contribution is 2.17. The van der Waals surface area contributed by atoms with E-state index in [1.54, 1.807) is 4.90 Å². The highest BCUT2D eigenvalue weighted by Gasteiger charge is 2.32. The lowest BCUT2D eigenvalue weighted by atomic mass is 10.1. The summed E-state index contributed by atoms with van der Waals surface area (Å²) in [6.45, 7) is 3.93.